The first-order valence-electron chi connectivity index (χ1n) is 5.63. The van der Waals surface area contributed by atoms with Crippen LogP contribution in [0.1, 0.15) is 17.0 Å². The van der Waals surface area contributed by atoms with E-state index in [0.29, 0.717) is 5.56 Å². The van der Waals surface area contributed by atoms with Gasteiger partial charge in [-0.1, -0.05) is 16.8 Å². The number of nitrogens with zero attached hydrogens (tertiary/aromatic N) is 3. The van der Waals surface area contributed by atoms with Crippen molar-refractivity contribution in [2.24, 2.45) is 0 Å². The fourth-order valence-electron chi connectivity index (χ4n) is 1.65. The predicted molar refractivity (Wildman–Crippen MR) is 74.9 cm³/mol. The van der Waals surface area contributed by atoms with Gasteiger partial charge in [-0.25, -0.2) is 0 Å². The molecule has 1 heterocycles. The molecule has 0 N–H and O–H groups in total. The maximum absolute atomic E-state index is 10.9. The van der Waals surface area contributed by atoms with Crippen LogP contribution in [0.3, 0.4) is 0 Å². The third-order valence-corrected chi connectivity index (χ3v) is 2.99. The van der Waals surface area contributed by atoms with Crippen molar-refractivity contribution in [3.05, 3.63) is 60.5 Å². The van der Waals surface area contributed by atoms with Gasteiger partial charge in [-0.05, 0) is 30.7 Å². The smallest absolute Gasteiger partial charge is 0.338 e. The van der Waals surface area contributed by atoms with Gasteiger partial charge in [-0.15, -0.1) is 0 Å². The number of benzene rings is 1. The van der Waals surface area contributed by atoms with Gasteiger partial charge in [0.1, 0.15) is 0 Å². The Morgan fingerprint density at radius 3 is 2.57 bits per heavy atom. The molecule has 0 spiro atoms. The quantitative estimate of drug-likeness (QED) is 0.629. The Bertz CT molecular complexity index is 753. The summed E-state index contributed by atoms with van der Waals surface area (Å²) in [5.41, 5.74) is 0.0918. The van der Waals surface area contributed by atoms with Gasteiger partial charge in [0.25, 0.3) is 5.69 Å². The van der Waals surface area contributed by atoms with Gasteiger partial charge in [-0.2, -0.15) is 0 Å². The molecule has 0 aliphatic carbocycles. The minimum Gasteiger partial charge on any atom is -0.349 e. The maximum Gasteiger partial charge on any atom is 0.338 e. The number of nitro groups is 2. The number of nitro benzene ring substituents is 1. The first-order valence-corrected chi connectivity index (χ1v) is 6.00. The molecule has 9 heteroatoms. The van der Waals surface area contributed by atoms with Crippen molar-refractivity contribution >= 4 is 35.1 Å². The molecule has 108 valence electrons. The number of halogens is 1. The highest BCUT2D eigenvalue weighted by atomic mass is 35.5. The molecule has 8 nitrogen and oxygen atoms in total. The zero-order valence-corrected chi connectivity index (χ0v) is 11.4. The second-order valence-corrected chi connectivity index (χ2v) is 4.44. The summed E-state index contributed by atoms with van der Waals surface area (Å²) in [5.74, 6) is -0.0555. The van der Waals surface area contributed by atoms with E-state index in [1.54, 1.807) is 0 Å². The number of hydrogen-bond donors (Lipinski definition) is 0. The van der Waals surface area contributed by atoms with Crippen molar-refractivity contribution in [3.8, 4) is 0 Å². The van der Waals surface area contributed by atoms with Crippen molar-refractivity contribution in [3.63, 3.8) is 0 Å². The summed E-state index contributed by atoms with van der Waals surface area (Å²) >= 11 is 5.92. The molecule has 2 rings (SSSR count). The van der Waals surface area contributed by atoms with Gasteiger partial charge in [0.05, 0.1) is 9.85 Å². The molecule has 0 bridgehead atoms. The molecule has 0 saturated carbocycles. The Morgan fingerprint density at radius 1 is 1.24 bits per heavy atom. The van der Waals surface area contributed by atoms with E-state index in [4.69, 9.17) is 16.1 Å². The Balaban J connectivity index is 2.40. The van der Waals surface area contributed by atoms with Gasteiger partial charge >= 0.3 is 5.69 Å². The minimum atomic E-state index is -0.611. The summed E-state index contributed by atoms with van der Waals surface area (Å²) < 4.78 is 4.84. The van der Waals surface area contributed by atoms with E-state index in [1.807, 2.05) is 0 Å². The molecular weight excluding hydrogens is 302 g/mol. The summed E-state index contributed by atoms with van der Waals surface area (Å²) in [6.07, 6.45) is 2.69. The Labute approximate surface area is 122 Å². The zero-order valence-electron chi connectivity index (χ0n) is 10.6. The van der Waals surface area contributed by atoms with Crippen LogP contribution in [0.5, 0.6) is 0 Å². The summed E-state index contributed by atoms with van der Waals surface area (Å²) in [6, 6.07) is 3.90. The Kier molecular flexibility index (Phi) is 3.99. The lowest BCUT2D eigenvalue weighted by molar-refractivity contribution is -0.386. The summed E-state index contributed by atoms with van der Waals surface area (Å²) in [4.78, 5) is 20.4. The Hall–Kier alpha value is -2.74. The third-order valence-electron chi connectivity index (χ3n) is 2.64. The standard InChI is InChI=1S/C12H8ClN3O5/c1-7-12(16(19)20)11(21-14-7)5-2-8-6-9(15(17)18)3-4-10(8)13/h2-6H,1H3/b5-2+. The third kappa shape index (κ3) is 3.06. The van der Waals surface area contributed by atoms with Crippen molar-refractivity contribution < 1.29 is 14.4 Å². The molecule has 0 unspecified atom stereocenters. The van der Waals surface area contributed by atoms with Crippen LogP contribution < -0.4 is 0 Å². The van der Waals surface area contributed by atoms with Crippen LogP contribution in [0.25, 0.3) is 12.2 Å². The summed E-state index contributed by atoms with van der Waals surface area (Å²) in [7, 11) is 0. The lowest BCUT2D eigenvalue weighted by Crippen LogP contribution is -1.90. The predicted octanol–water partition coefficient (Wildman–Crippen LogP) is 3.62. The van der Waals surface area contributed by atoms with Crippen LogP contribution >= 0.6 is 11.6 Å². The average Bonchev–Trinajstić information content (AvgIpc) is 2.78. The fraction of sp³-hybridized carbons (Fsp3) is 0.0833. The first kappa shape index (κ1) is 14.7. The molecular formula is C12H8ClN3O5. The molecule has 21 heavy (non-hydrogen) atoms. The second-order valence-electron chi connectivity index (χ2n) is 4.03. The first-order chi connectivity index (χ1) is 9.90. The van der Waals surface area contributed by atoms with Crippen LogP contribution in [-0.2, 0) is 0 Å². The molecule has 0 atom stereocenters. The number of hydrogen-bond acceptors (Lipinski definition) is 6. The van der Waals surface area contributed by atoms with Crippen LogP contribution in [0, 0.1) is 27.2 Å². The molecule has 2 aromatic rings. The molecule has 0 radical (unpaired) electrons. The normalized spacial score (nSPS) is 11.0. The van der Waals surface area contributed by atoms with E-state index in [9.17, 15) is 20.2 Å². The van der Waals surface area contributed by atoms with E-state index < -0.39 is 9.85 Å². The molecule has 1 aromatic carbocycles. The van der Waals surface area contributed by atoms with E-state index in [-0.39, 0.29) is 27.9 Å². The van der Waals surface area contributed by atoms with Crippen LogP contribution in [0.2, 0.25) is 5.02 Å². The van der Waals surface area contributed by atoms with Crippen LogP contribution in [0.15, 0.2) is 22.7 Å². The number of aryl methyl sites for hydroxylation is 1. The molecule has 0 aliphatic rings. The largest absolute Gasteiger partial charge is 0.349 e. The summed E-state index contributed by atoms with van der Waals surface area (Å²) in [5, 5.41) is 25.4. The van der Waals surface area contributed by atoms with Gasteiger partial charge in [0.2, 0.25) is 5.76 Å². The Morgan fingerprint density at radius 2 is 1.95 bits per heavy atom. The van der Waals surface area contributed by atoms with Crippen molar-refractivity contribution in [1.82, 2.24) is 5.16 Å². The SMILES string of the molecule is Cc1noc(/C=C/c2cc([N+](=O)[O-])ccc2Cl)c1[N+](=O)[O-]. The highest BCUT2D eigenvalue weighted by Gasteiger charge is 2.22. The zero-order chi connectivity index (χ0) is 15.6. The highest BCUT2D eigenvalue weighted by molar-refractivity contribution is 6.32. The molecule has 0 amide bonds. The molecule has 0 saturated heterocycles. The van der Waals surface area contributed by atoms with Gasteiger partial charge in [-0.3, -0.25) is 20.2 Å². The van der Waals surface area contributed by atoms with E-state index >= 15 is 0 Å². The van der Waals surface area contributed by atoms with Crippen molar-refractivity contribution in [2.75, 3.05) is 0 Å². The second kappa shape index (κ2) is 5.71. The van der Waals surface area contributed by atoms with E-state index in [2.05, 4.69) is 5.16 Å². The molecule has 0 fully saturated rings. The van der Waals surface area contributed by atoms with Crippen molar-refractivity contribution in [1.29, 1.82) is 0 Å². The van der Waals surface area contributed by atoms with Gasteiger partial charge in [0, 0.05) is 17.2 Å². The lowest BCUT2D eigenvalue weighted by Gasteiger charge is -1.97. The monoisotopic (exact) mass is 309 g/mol. The van der Waals surface area contributed by atoms with Crippen LogP contribution in [-0.4, -0.2) is 15.0 Å². The average molecular weight is 310 g/mol. The van der Waals surface area contributed by atoms with Gasteiger partial charge in [0.15, 0.2) is 5.69 Å². The topological polar surface area (TPSA) is 112 Å². The number of aromatic nitrogens is 1. The van der Waals surface area contributed by atoms with Crippen LogP contribution in [0.4, 0.5) is 11.4 Å². The van der Waals surface area contributed by atoms with Gasteiger partial charge < -0.3 is 4.52 Å². The highest BCUT2D eigenvalue weighted by Crippen LogP contribution is 2.27. The fourth-order valence-corrected chi connectivity index (χ4v) is 1.83. The molecule has 0 aliphatic heterocycles. The summed E-state index contributed by atoms with van der Waals surface area (Å²) in [6.45, 7) is 1.44. The lowest BCUT2D eigenvalue weighted by atomic mass is 10.1. The van der Waals surface area contributed by atoms with E-state index in [0.717, 1.165) is 0 Å². The minimum absolute atomic E-state index is 0.0555. The number of rotatable bonds is 4. The van der Waals surface area contributed by atoms with E-state index in [1.165, 1.54) is 37.3 Å². The number of non-ortho nitro benzene ring substituents is 1. The molecule has 1 aromatic heterocycles. The maximum atomic E-state index is 10.9. The van der Waals surface area contributed by atoms with Crippen molar-refractivity contribution in [2.45, 2.75) is 6.92 Å².